The predicted octanol–water partition coefficient (Wildman–Crippen LogP) is 4.63. The second-order valence-corrected chi connectivity index (χ2v) is 7.12. The highest BCUT2D eigenvalue weighted by molar-refractivity contribution is 7.99. The lowest BCUT2D eigenvalue weighted by Gasteiger charge is -2.32. The number of nitriles is 1. The monoisotopic (exact) mass is 251 g/mol. The van der Waals surface area contributed by atoms with E-state index in [2.05, 4.69) is 24.8 Å². The first kappa shape index (κ1) is 13.3. The molecular weight excluding hydrogens is 226 g/mol. The molecule has 0 saturated heterocycles. The maximum Gasteiger partial charge on any atom is 0.0667 e. The van der Waals surface area contributed by atoms with Crippen molar-refractivity contribution in [2.75, 3.05) is 5.75 Å². The Morgan fingerprint density at radius 3 is 2.53 bits per heavy atom. The molecule has 2 aliphatic carbocycles. The Kier molecular flexibility index (Phi) is 5.22. The zero-order chi connectivity index (χ0) is 12.1. The van der Waals surface area contributed by atoms with Crippen LogP contribution >= 0.6 is 11.8 Å². The van der Waals surface area contributed by atoms with Gasteiger partial charge in [-0.1, -0.05) is 26.2 Å². The molecule has 2 heteroatoms. The Balaban J connectivity index is 1.80. The van der Waals surface area contributed by atoms with Crippen LogP contribution in [-0.2, 0) is 0 Å². The fourth-order valence-corrected chi connectivity index (χ4v) is 5.04. The van der Waals surface area contributed by atoms with Crippen LogP contribution in [-0.4, -0.2) is 11.0 Å². The first-order chi connectivity index (χ1) is 8.33. The molecule has 0 aromatic rings. The standard InChI is InChI=1S/C15H25NS/c1-2-12-7-8-14(10-16)15(9-12)17-11-13-5-3-4-6-13/h12-15H,2-9,11H2,1H3. The van der Waals surface area contributed by atoms with Crippen LogP contribution in [0.5, 0.6) is 0 Å². The SMILES string of the molecule is CCC1CCC(C#N)C(SCC2CCCC2)C1. The Hall–Kier alpha value is -0.160. The van der Waals surface area contributed by atoms with Crippen molar-refractivity contribution in [3.63, 3.8) is 0 Å². The molecule has 3 atom stereocenters. The van der Waals surface area contributed by atoms with Crippen LogP contribution < -0.4 is 0 Å². The fourth-order valence-electron chi connectivity index (χ4n) is 3.35. The molecule has 0 amide bonds. The van der Waals surface area contributed by atoms with Gasteiger partial charge in [0.1, 0.15) is 0 Å². The van der Waals surface area contributed by atoms with Gasteiger partial charge in [-0.15, -0.1) is 0 Å². The quantitative estimate of drug-likeness (QED) is 0.727. The summed E-state index contributed by atoms with van der Waals surface area (Å²) in [6.07, 6.45) is 10.8. The van der Waals surface area contributed by atoms with Gasteiger partial charge in [0.2, 0.25) is 0 Å². The van der Waals surface area contributed by atoms with E-state index in [1.54, 1.807) is 0 Å². The average Bonchev–Trinajstić information content (AvgIpc) is 2.89. The van der Waals surface area contributed by atoms with Gasteiger partial charge in [0, 0.05) is 5.25 Å². The van der Waals surface area contributed by atoms with Crippen LogP contribution in [0.15, 0.2) is 0 Å². The van der Waals surface area contributed by atoms with E-state index in [4.69, 9.17) is 0 Å². The maximum absolute atomic E-state index is 9.25. The number of thioether (sulfide) groups is 1. The molecule has 0 spiro atoms. The summed E-state index contributed by atoms with van der Waals surface area (Å²) in [6, 6.07) is 2.55. The van der Waals surface area contributed by atoms with E-state index in [0.29, 0.717) is 11.2 Å². The van der Waals surface area contributed by atoms with Crippen LogP contribution in [0.3, 0.4) is 0 Å². The van der Waals surface area contributed by atoms with E-state index < -0.39 is 0 Å². The zero-order valence-electron chi connectivity index (χ0n) is 11.0. The molecule has 0 heterocycles. The Bertz CT molecular complexity index is 265. The molecule has 0 N–H and O–H groups in total. The van der Waals surface area contributed by atoms with Crippen molar-refractivity contribution in [1.29, 1.82) is 5.26 Å². The van der Waals surface area contributed by atoms with Gasteiger partial charge in [0.05, 0.1) is 12.0 Å². The summed E-state index contributed by atoms with van der Waals surface area (Å²) in [5, 5.41) is 9.89. The first-order valence-electron chi connectivity index (χ1n) is 7.34. The lowest BCUT2D eigenvalue weighted by Crippen LogP contribution is -2.26. The molecule has 2 fully saturated rings. The highest BCUT2D eigenvalue weighted by atomic mass is 32.2. The van der Waals surface area contributed by atoms with E-state index in [1.165, 1.54) is 50.7 Å². The van der Waals surface area contributed by atoms with Gasteiger partial charge in [-0.05, 0) is 49.7 Å². The van der Waals surface area contributed by atoms with E-state index in [9.17, 15) is 5.26 Å². The van der Waals surface area contributed by atoms with Gasteiger partial charge in [0.15, 0.2) is 0 Å². The lowest BCUT2D eigenvalue weighted by atomic mass is 9.81. The van der Waals surface area contributed by atoms with Gasteiger partial charge in [-0.3, -0.25) is 0 Å². The molecular formula is C15H25NS. The summed E-state index contributed by atoms with van der Waals surface area (Å²) in [5.74, 6) is 3.51. The van der Waals surface area contributed by atoms with Crippen LogP contribution in [0.2, 0.25) is 0 Å². The van der Waals surface area contributed by atoms with Crippen molar-refractivity contribution in [3.8, 4) is 6.07 Å². The van der Waals surface area contributed by atoms with Gasteiger partial charge in [-0.25, -0.2) is 0 Å². The first-order valence-corrected chi connectivity index (χ1v) is 8.39. The molecule has 2 aliphatic rings. The third-order valence-corrected chi connectivity index (χ3v) is 6.28. The maximum atomic E-state index is 9.25. The molecule has 0 aromatic heterocycles. The van der Waals surface area contributed by atoms with Gasteiger partial charge >= 0.3 is 0 Å². The molecule has 0 radical (unpaired) electrons. The second kappa shape index (κ2) is 6.69. The molecule has 3 unspecified atom stereocenters. The highest BCUT2D eigenvalue weighted by Gasteiger charge is 2.30. The molecule has 96 valence electrons. The largest absolute Gasteiger partial charge is 0.198 e. The minimum absolute atomic E-state index is 0.337. The van der Waals surface area contributed by atoms with Gasteiger partial charge in [-0.2, -0.15) is 17.0 Å². The van der Waals surface area contributed by atoms with Crippen molar-refractivity contribution in [1.82, 2.24) is 0 Å². The minimum atomic E-state index is 0.337. The molecule has 2 saturated carbocycles. The van der Waals surface area contributed by atoms with Crippen LogP contribution in [0.25, 0.3) is 0 Å². The van der Waals surface area contributed by atoms with Crippen molar-refractivity contribution >= 4 is 11.8 Å². The molecule has 0 aromatic carbocycles. The molecule has 2 rings (SSSR count). The number of hydrogen-bond acceptors (Lipinski definition) is 2. The lowest BCUT2D eigenvalue weighted by molar-refractivity contribution is 0.317. The number of hydrogen-bond donors (Lipinski definition) is 0. The Morgan fingerprint density at radius 1 is 1.12 bits per heavy atom. The predicted molar refractivity (Wildman–Crippen MR) is 74.9 cm³/mol. The summed E-state index contributed by atoms with van der Waals surface area (Å²) in [5.41, 5.74) is 0. The third kappa shape index (κ3) is 3.65. The number of rotatable bonds is 4. The van der Waals surface area contributed by atoms with E-state index in [-0.39, 0.29) is 0 Å². The zero-order valence-corrected chi connectivity index (χ0v) is 11.8. The van der Waals surface area contributed by atoms with Crippen LogP contribution in [0.1, 0.15) is 58.3 Å². The van der Waals surface area contributed by atoms with Crippen molar-refractivity contribution in [2.45, 2.75) is 63.5 Å². The summed E-state index contributed by atoms with van der Waals surface area (Å²) in [4.78, 5) is 0. The van der Waals surface area contributed by atoms with Crippen molar-refractivity contribution in [2.24, 2.45) is 17.8 Å². The minimum Gasteiger partial charge on any atom is -0.198 e. The van der Waals surface area contributed by atoms with Crippen LogP contribution in [0, 0.1) is 29.1 Å². The van der Waals surface area contributed by atoms with Crippen molar-refractivity contribution < 1.29 is 0 Å². The Morgan fingerprint density at radius 2 is 1.88 bits per heavy atom. The van der Waals surface area contributed by atoms with Crippen LogP contribution in [0.4, 0.5) is 0 Å². The molecule has 17 heavy (non-hydrogen) atoms. The normalized spacial score (nSPS) is 34.7. The van der Waals surface area contributed by atoms with Crippen molar-refractivity contribution in [3.05, 3.63) is 0 Å². The molecule has 0 bridgehead atoms. The van der Waals surface area contributed by atoms with E-state index in [1.807, 2.05) is 0 Å². The molecule has 0 aliphatic heterocycles. The van der Waals surface area contributed by atoms with Gasteiger partial charge in [0.25, 0.3) is 0 Å². The van der Waals surface area contributed by atoms with E-state index >= 15 is 0 Å². The second-order valence-electron chi connectivity index (χ2n) is 5.85. The summed E-state index contributed by atoms with van der Waals surface area (Å²) in [6.45, 7) is 2.30. The third-order valence-electron chi connectivity index (χ3n) is 4.66. The number of nitrogens with zero attached hydrogens (tertiary/aromatic N) is 1. The Labute approximate surface area is 110 Å². The summed E-state index contributed by atoms with van der Waals surface area (Å²) < 4.78 is 0. The summed E-state index contributed by atoms with van der Waals surface area (Å²) >= 11 is 2.12. The molecule has 1 nitrogen and oxygen atoms in total. The average molecular weight is 251 g/mol. The topological polar surface area (TPSA) is 23.8 Å². The van der Waals surface area contributed by atoms with Gasteiger partial charge < -0.3 is 0 Å². The smallest absolute Gasteiger partial charge is 0.0667 e. The highest BCUT2D eigenvalue weighted by Crippen LogP contribution is 2.39. The van der Waals surface area contributed by atoms with E-state index in [0.717, 1.165) is 18.3 Å². The fraction of sp³-hybridized carbons (Fsp3) is 0.933. The summed E-state index contributed by atoms with van der Waals surface area (Å²) in [7, 11) is 0.